The SMILES string of the molecule is CC1(C(=O)N2CCOc3cccc(F)c3C2)COC1. The monoisotopic (exact) mass is 265 g/mol. The fourth-order valence-corrected chi connectivity index (χ4v) is 2.45. The summed E-state index contributed by atoms with van der Waals surface area (Å²) in [4.78, 5) is 14.1. The molecule has 2 aliphatic rings. The number of carbonyl (C=O) groups is 1. The van der Waals surface area contributed by atoms with Gasteiger partial charge in [-0.15, -0.1) is 0 Å². The lowest BCUT2D eigenvalue weighted by molar-refractivity contribution is -0.169. The number of nitrogens with zero attached hydrogens (tertiary/aromatic N) is 1. The molecule has 0 atom stereocenters. The third-order valence-corrected chi connectivity index (χ3v) is 3.69. The summed E-state index contributed by atoms with van der Waals surface area (Å²) in [5.74, 6) is 0.218. The van der Waals surface area contributed by atoms with Crippen LogP contribution < -0.4 is 4.74 Å². The quantitative estimate of drug-likeness (QED) is 0.774. The smallest absolute Gasteiger partial charge is 0.233 e. The van der Waals surface area contributed by atoms with Crippen LogP contribution in [0.5, 0.6) is 5.75 Å². The van der Waals surface area contributed by atoms with Crippen molar-refractivity contribution < 1.29 is 18.7 Å². The largest absolute Gasteiger partial charge is 0.491 e. The predicted molar refractivity (Wildman–Crippen MR) is 66.2 cm³/mol. The second-order valence-electron chi connectivity index (χ2n) is 5.35. The average Bonchev–Trinajstić information content (AvgIpc) is 2.58. The predicted octanol–water partition coefficient (Wildman–Crippen LogP) is 1.58. The Morgan fingerprint density at radius 2 is 2.21 bits per heavy atom. The van der Waals surface area contributed by atoms with Crippen LogP contribution in [-0.4, -0.2) is 37.2 Å². The van der Waals surface area contributed by atoms with Crippen molar-refractivity contribution in [3.63, 3.8) is 0 Å². The van der Waals surface area contributed by atoms with Gasteiger partial charge in [-0.05, 0) is 19.1 Å². The van der Waals surface area contributed by atoms with Gasteiger partial charge >= 0.3 is 0 Å². The standard InChI is InChI=1S/C14H16FNO3/c1-14(8-18-9-14)13(17)16-5-6-19-12-4-2-3-11(15)10(12)7-16/h2-4H,5-9H2,1H3. The molecule has 0 bridgehead atoms. The van der Waals surface area contributed by atoms with Gasteiger partial charge in [0.15, 0.2) is 0 Å². The van der Waals surface area contributed by atoms with Gasteiger partial charge in [-0.3, -0.25) is 4.79 Å². The van der Waals surface area contributed by atoms with Gasteiger partial charge < -0.3 is 14.4 Å². The van der Waals surface area contributed by atoms with Gasteiger partial charge in [-0.1, -0.05) is 6.07 Å². The van der Waals surface area contributed by atoms with Crippen LogP contribution in [0.4, 0.5) is 4.39 Å². The van der Waals surface area contributed by atoms with Crippen molar-refractivity contribution in [2.24, 2.45) is 5.41 Å². The Kier molecular flexibility index (Phi) is 2.93. The highest BCUT2D eigenvalue weighted by Gasteiger charge is 2.44. The maximum Gasteiger partial charge on any atom is 0.233 e. The molecule has 0 aromatic heterocycles. The maximum atomic E-state index is 13.8. The summed E-state index contributed by atoms with van der Waals surface area (Å²) in [6.07, 6.45) is 0. The summed E-state index contributed by atoms with van der Waals surface area (Å²) < 4.78 is 24.5. The molecule has 0 N–H and O–H groups in total. The zero-order valence-electron chi connectivity index (χ0n) is 10.8. The minimum Gasteiger partial charge on any atom is -0.491 e. The number of rotatable bonds is 1. The molecule has 2 aliphatic heterocycles. The maximum absolute atomic E-state index is 13.8. The number of halogens is 1. The van der Waals surface area contributed by atoms with Gasteiger partial charge in [0.05, 0.1) is 31.7 Å². The summed E-state index contributed by atoms with van der Waals surface area (Å²) in [6, 6.07) is 4.75. The molecule has 1 aromatic rings. The van der Waals surface area contributed by atoms with E-state index in [9.17, 15) is 9.18 Å². The van der Waals surface area contributed by atoms with Gasteiger partial charge in [0.25, 0.3) is 0 Å². The van der Waals surface area contributed by atoms with Gasteiger partial charge in [-0.2, -0.15) is 0 Å². The normalized spacial score (nSPS) is 20.8. The van der Waals surface area contributed by atoms with E-state index in [0.29, 0.717) is 37.7 Å². The van der Waals surface area contributed by atoms with E-state index in [0.717, 1.165) is 0 Å². The molecule has 102 valence electrons. The van der Waals surface area contributed by atoms with Gasteiger partial charge in [0.1, 0.15) is 18.2 Å². The number of benzene rings is 1. The van der Waals surface area contributed by atoms with Crippen molar-refractivity contribution in [1.82, 2.24) is 4.90 Å². The summed E-state index contributed by atoms with van der Waals surface area (Å²) in [5.41, 5.74) is -0.00681. The molecule has 19 heavy (non-hydrogen) atoms. The zero-order chi connectivity index (χ0) is 13.5. The van der Waals surface area contributed by atoms with Crippen molar-refractivity contribution in [2.75, 3.05) is 26.4 Å². The molecule has 1 fully saturated rings. The van der Waals surface area contributed by atoms with E-state index in [1.165, 1.54) is 6.07 Å². The molecule has 0 spiro atoms. The Morgan fingerprint density at radius 3 is 2.89 bits per heavy atom. The highest BCUT2D eigenvalue weighted by Crippen LogP contribution is 2.32. The minimum atomic E-state index is -0.463. The van der Waals surface area contributed by atoms with E-state index in [1.54, 1.807) is 17.0 Å². The fraction of sp³-hybridized carbons (Fsp3) is 0.500. The molecule has 5 heteroatoms. The van der Waals surface area contributed by atoms with E-state index < -0.39 is 5.41 Å². The fourth-order valence-electron chi connectivity index (χ4n) is 2.45. The molecule has 1 aromatic carbocycles. The van der Waals surface area contributed by atoms with E-state index in [-0.39, 0.29) is 18.3 Å². The molecular weight excluding hydrogens is 249 g/mol. The summed E-state index contributed by atoms with van der Waals surface area (Å²) in [7, 11) is 0. The first-order chi connectivity index (χ1) is 9.10. The summed E-state index contributed by atoms with van der Waals surface area (Å²) in [5, 5.41) is 0. The first-order valence-corrected chi connectivity index (χ1v) is 6.37. The summed E-state index contributed by atoms with van der Waals surface area (Å²) in [6.45, 7) is 3.88. The molecule has 0 aliphatic carbocycles. The third-order valence-electron chi connectivity index (χ3n) is 3.69. The second kappa shape index (κ2) is 4.49. The van der Waals surface area contributed by atoms with Crippen LogP contribution >= 0.6 is 0 Å². The second-order valence-corrected chi connectivity index (χ2v) is 5.35. The Bertz CT molecular complexity index is 513. The van der Waals surface area contributed by atoms with Gasteiger partial charge in [-0.25, -0.2) is 4.39 Å². The van der Waals surface area contributed by atoms with Crippen LogP contribution in [0, 0.1) is 11.2 Å². The van der Waals surface area contributed by atoms with Crippen LogP contribution in [0.2, 0.25) is 0 Å². The first kappa shape index (κ1) is 12.4. The Labute approximate surface area is 111 Å². The molecule has 1 amide bonds. The molecule has 0 radical (unpaired) electrons. The lowest BCUT2D eigenvalue weighted by atomic mass is 9.87. The molecule has 2 heterocycles. The van der Waals surface area contributed by atoms with Crippen molar-refractivity contribution >= 4 is 5.91 Å². The number of amides is 1. The molecule has 0 saturated carbocycles. The lowest BCUT2D eigenvalue weighted by Gasteiger charge is -2.39. The number of ether oxygens (including phenoxy) is 2. The van der Waals surface area contributed by atoms with Crippen LogP contribution in [0.3, 0.4) is 0 Å². The Morgan fingerprint density at radius 1 is 1.42 bits per heavy atom. The lowest BCUT2D eigenvalue weighted by Crippen LogP contribution is -2.53. The average molecular weight is 265 g/mol. The van der Waals surface area contributed by atoms with E-state index in [1.807, 2.05) is 6.92 Å². The molecular formula is C14H16FNO3. The van der Waals surface area contributed by atoms with Gasteiger partial charge in [0, 0.05) is 5.56 Å². The number of hydrogen-bond acceptors (Lipinski definition) is 3. The molecule has 3 rings (SSSR count). The molecule has 4 nitrogen and oxygen atoms in total. The van der Waals surface area contributed by atoms with Crippen molar-refractivity contribution in [3.05, 3.63) is 29.6 Å². The van der Waals surface area contributed by atoms with Gasteiger partial charge in [0.2, 0.25) is 5.91 Å². The van der Waals surface area contributed by atoms with Crippen LogP contribution in [0.15, 0.2) is 18.2 Å². The number of fused-ring (bicyclic) bond motifs is 1. The number of carbonyl (C=O) groups excluding carboxylic acids is 1. The van der Waals surface area contributed by atoms with E-state index in [4.69, 9.17) is 9.47 Å². The molecule has 0 unspecified atom stereocenters. The summed E-state index contributed by atoms with van der Waals surface area (Å²) >= 11 is 0. The Balaban J connectivity index is 1.86. The zero-order valence-corrected chi connectivity index (χ0v) is 10.8. The number of hydrogen-bond donors (Lipinski definition) is 0. The van der Waals surface area contributed by atoms with Crippen LogP contribution in [-0.2, 0) is 16.1 Å². The van der Waals surface area contributed by atoms with Crippen LogP contribution in [0.1, 0.15) is 12.5 Å². The topological polar surface area (TPSA) is 38.8 Å². The minimum absolute atomic E-state index is 0.0125. The van der Waals surface area contributed by atoms with E-state index >= 15 is 0 Å². The van der Waals surface area contributed by atoms with Crippen molar-refractivity contribution in [1.29, 1.82) is 0 Å². The Hall–Kier alpha value is -1.62. The van der Waals surface area contributed by atoms with Crippen LogP contribution in [0.25, 0.3) is 0 Å². The van der Waals surface area contributed by atoms with E-state index in [2.05, 4.69) is 0 Å². The van der Waals surface area contributed by atoms with Crippen molar-refractivity contribution in [3.8, 4) is 5.75 Å². The first-order valence-electron chi connectivity index (χ1n) is 6.37. The highest BCUT2D eigenvalue weighted by atomic mass is 19.1. The van der Waals surface area contributed by atoms with Crippen molar-refractivity contribution in [2.45, 2.75) is 13.5 Å². The third kappa shape index (κ3) is 2.08. The highest BCUT2D eigenvalue weighted by molar-refractivity contribution is 5.83. The molecule has 1 saturated heterocycles.